The molecular weight excluding hydrogens is 250 g/mol. The predicted molar refractivity (Wildman–Crippen MR) is 80.4 cm³/mol. The highest BCUT2D eigenvalue weighted by atomic mass is 16.3. The lowest BCUT2D eigenvalue weighted by Crippen LogP contribution is -2.34. The second kappa shape index (κ2) is 7.44. The summed E-state index contributed by atoms with van der Waals surface area (Å²) in [4.78, 5) is 13.7. The molecular formula is C17H25NO2. The molecule has 1 saturated heterocycles. The Bertz CT molecular complexity index is 438. The first-order valence-corrected chi connectivity index (χ1v) is 7.51. The second-order valence-electron chi connectivity index (χ2n) is 5.55. The van der Waals surface area contributed by atoms with E-state index in [1.807, 2.05) is 35.2 Å². The summed E-state index contributed by atoms with van der Waals surface area (Å²) in [6, 6.07) is 10.3. The van der Waals surface area contributed by atoms with Crippen LogP contribution in [0, 0.1) is 0 Å². The molecule has 1 fully saturated rings. The zero-order valence-electron chi connectivity index (χ0n) is 13.0. The Morgan fingerprint density at radius 2 is 2.25 bits per heavy atom. The van der Waals surface area contributed by atoms with Crippen molar-refractivity contribution in [2.75, 3.05) is 6.54 Å². The Kier molecular flexibility index (Phi) is 5.07. The average Bonchev–Trinajstić information content (AvgIpc) is 2.84. The summed E-state index contributed by atoms with van der Waals surface area (Å²) < 4.78 is 7.22. The molecule has 1 N–H and O–H groups in total. The molecule has 3 nitrogen and oxygen atoms in total. The van der Waals surface area contributed by atoms with Gasteiger partial charge in [-0.15, -0.1) is 0 Å². The summed E-state index contributed by atoms with van der Waals surface area (Å²) in [5.74, 6) is 0.214. The van der Waals surface area contributed by atoms with E-state index in [1.54, 1.807) is 0 Å². The van der Waals surface area contributed by atoms with Crippen LogP contribution in [-0.2, 0) is 11.2 Å². The molecule has 3 heteroatoms. The number of carbonyl (C=O) groups is 1. The van der Waals surface area contributed by atoms with Gasteiger partial charge in [-0.25, -0.2) is 0 Å². The Labute approximate surface area is 123 Å². The van der Waals surface area contributed by atoms with Crippen molar-refractivity contribution in [3.63, 3.8) is 0 Å². The third kappa shape index (κ3) is 4.07. The fraction of sp³-hybridized carbons (Fsp3) is 0.588. The van der Waals surface area contributed by atoms with Gasteiger partial charge in [-0.1, -0.05) is 37.2 Å². The number of benzene rings is 1. The number of nitrogens with zero attached hydrogens (tertiary/aromatic N) is 1. The van der Waals surface area contributed by atoms with E-state index in [0.717, 1.165) is 31.2 Å². The van der Waals surface area contributed by atoms with Gasteiger partial charge in [-0.2, -0.15) is 0 Å². The van der Waals surface area contributed by atoms with E-state index in [1.165, 1.54) is 0 Å². The van der Waals surface area contributed by atoms with Crippen LogP contribution in [0.15, 0.2) is 30.3 Å². The lowest BCUT2D eigenvalue weighted by molar-refractivity contribution is -0.129. The molecule has 1 aromatic carbocycles. The van der Waals surface area contributed by atoms with Crippen LogP contribution in [0.4, 0.5) is 0 Å². The maximum atomic E-state index is 11.8. The van der Waals surface area contributed by atoms with Crippen LogP contribution in [0.5, 0.6) is 0 Å². The van der Waals surface area contributed by atoms with Crippen LogP contribution in [0.25, 0.3) is 0 Å². The maximum Gasteiger partial charge on any atom is 0.222 e. The van der Waals surface area contributed by atoms with E-state index < -0.39 is 0 Å². The molecule has 1 aliphatic rings. The molecule has 0 bridgehead atoms. The summed E-state index contributed by atoms with van der Waals surface area (Å²) in [5, 5.41) is 10.2. The summed E-state index contributed by atoms with van der Waals surface area (Å²) >= 11 is 0. The zero-order chi connectivity index (χ0) is 15.1. The fourth-order valence-corrected chi connectivity index (χ4v) is 2.94. The van der Waals surface area contributed by atoms with Crippen LogP contribution in [-0.4, -0.2) is 34.6 Å². The first-order valence-electron chi connectivity index (χ1n) is 8.22. The third-order valence-electron chi connectivity index (χ3n) is 4.00. The first-order chi connectivity index (χ1) is 10.2. The molecule has 0 aliphatic carbocycles. The minimum Gasteiger partial charge on any atom is -0.393 e. The smallest absolute Gasteiger partial charge is 0.222 e. The van der Waals surface area contributed by atoms with Crippen molar-refractivity contribution in [3.05, 3.63) is 35.9 Å². The largest absolute Gasteiger partial charge is 0.393 e. The number of aliphatic hydroxyl groups is 1. The van der Waals surface area contributed by atoms with Gasteiger partial charge in [0.15, 0.2) is 0 Å². The zero-order valence-corrected chi connectivity index (χ0v) is 12.0. The first kappa shape index (κ1) is 13.6. The Morgan fingerprint density at radius 3 is 3.00 bits per heavy atom. The van der Waals surface area contributed by atoms with Crippen LogP contribution < -0.4 is 0 Å². The molecule has 0 spiro atoms. The van der Waals surface area contributed by atoms with Gasteiger partial charge in [0.25, 0.3) is 0 Å². The fourth-order valence-electron chi connectivity index (χ4n) is 2.94. The molecule has 1 aromatic rings. The number of aliphatic hydroxyl groups excluding tert-OH is 1. The van der Waals surface area contributed by atoms with Crippen molar-refractivity contribution in [2.24, 2.45) is 0 Å². The van der Waals surface area contributed by atoms with Crippen LogP contribution in [0.2, 0.25) is 0 Å². The predicted octanol–water partition coefficient (Wildman–Crippen LogP) is 2.77. The van der Waals surface area contributed by atoms with Gasteiger partial charge in [0.2, 0.25) is 5.91 Å². The second-order valence-corrected chi connectivity index (χ2v) is 5.55. The highest BCUT2D eigenvalue weighted by Crippen LogP contribution is 2.23. The molecule has 2 atom stereocenters. The van der Waals surface area contributed by atoms with Gasteiger partial charge in [-0.3, -0.25) is 4.79 Å². The number of rotatable bonds is 7. The number of hydrogen-bond donors (Lipinski definition) is 1. The van der Waals surface area contributed by atoms with E-state index >= 15 is 0 Å². The minimum atomic E-state index is -0.346. The molecule has 0 aromatic heterocycles. The number of amides is 1. The molecule has 0 radical (unpaired) electrons. The molecule has 1 unspecified atom stereocenters. The Balaban J connectivity index is 1.77. The molecule has 2 rings (SSSR count). The van der Waals surface area contributed by atoms with Gasteiger partial charge in [-0.05, 0) is 37.7 Å². The van der Waals surface area contributed by atoms with Crippen molar-refractivity contribution in [2.45, 2.75) is 57.6 Å². The van der Waals surface area contributed by atoms with Crippen LogP contribution in [0.1, 0.15) is 45.9 Å². The highest BCUT2D eigenvalue weighted by Gasteiger charge is 2.29. The quantitative estimate of drug-likeness (QED) is 0.832. The van der Waals surface area contributed by atoms with E-state index in [-0.39, 0.29) is 18.1 Å². The van der Waals surface area contributed by atoms with E-state index in [9.17, 15) is 9.90 Å². The summed E-state index contributed by atoms with van der Waals surface area (Å²) in [6.45, 7) is 1.06. The van der Waals surface area contributed by atoms with Crippen LogP contribution >= 0.6 is 0 Å². The normalized spacial score (nSPS) is 21.1. The summed E-state index contributed by atoms with van der Waals surface area (Å²) in [5.41, 5.74) is 1.15. The minimum absolute atomic E-state index is 0.214. The summed E-state index contributed by atoms with van der Waals surface area (Å²) in [6.07, 6.45) is 4.18. The molecule has 0 saturated carbocycles. The summed E-state index contributed by atoms with van der Waals surface area (Å²) in [7, 11) is 0. The molecule has 20 heavy (non-hydrogen) atoms. The van der Waals surface area contributed by atoms with Crippen molar-refractivity contribution >= 4 is 5.91 Å². The Hall–Kier alpha value is -1.35. The molecule has 1 amide bonds. The SMILES string of the molecule is [2H]CCCN1C(=O)CC[C@@H]1CCC(O)Cc1ccccc1. The van der Waals surface area contributed by atoms with Gasteiger partial charge in [0.05, 0.1) is 6.10 Å². The lowest BCUT2D eigenvalue weighted by Gasteiger charge is -2.25. The van der Waals surface area contributed by atoms with Gasteiger partial charge < -0.3 is 10.0 Å². The molecule has 110 valence electrons. The maximum absolute atomic E-state index is 11.8. The number of hydrogen-bond acceptors (Lipinski definition) is 2. The monoisotopic (exact) mass is 276 g/mol. The van der Waals surface area contributed by atoms with Crippen molar-refractivity contribution in [3.8, 4) is 0 Å². The van der Waals surface area contributed by atoms with Crippen molar-refractivity contribution in [1.82, 2.24) is 4.90 Å². The number of likely N-dealkylation sites (tertiary alicyclic amines) is 1. The van der Waals surface area contributed by atoms with Gasteiger partial charge >= 0.3 is 0 Å². The Morgan fingerprint density at radius 1 is 1.45 bits per heavy atom. The molecule has 1 aliphatic heterocycles. The van der Waals surface area contributed by atoms with Crippen molar-refractivity contribution in [1.29, 1.82) is 0 Å². The third-order valence-corrected chi connectivity index (χ3v) is 4.00. The van der Waals surface area contributed by atoms with E-state index in [4.69, 9.17) is 1.37 Å². The van der Waals surface area contributed by atoms with Crippen molar-refractivity contribution < 1.29 is 11.3 Å². The van der Waals surface area contributed by atoms with E-state index in [0.29, 0.717) is 26.3 Å². The molecule has 1 heterocycles. The van der Waals surface area contributed by atoms with Gasteiger partial charge in [0.1, 0.15) is 0 Å². The van der Waals surface area contributed by atoms with E-state index in [2.05, 4.69) is 0 Å². The average molecular weight is 276 g/mol. The highest BCUT2D eigenvalue weighted by molar-refractivity contribution is 5.78. The standard InChI is InChI=1S/C17H25NO2/c1-2-12-18-15(9-11-17(18)20)8-10-16(19)13-14-6-4-3-5-7-14/h3-7,15-16,19H,2,8-13H2,1H3/t15-,16?/m0/s1/i1D. The number of carbonyl (C=O) groups excluding carboxylic acids is 1. The van der Waals surface area contributed by atoms with Crippen LogP contribution in [0.3, 0.4) is 0 Å². The lowest BCUT2D eigenvalue weighted by atomic mass is 10.0. The van der Waals surface area contributed by atoms with Gasteiger partial charge in [0, 0.05) is 20.4 Å². The topological polar surface area (TPSA) is 40.5 Å².